The largest absolute Gasteiger partial charge is 0.342 e. The fourth-order valence-corrected chi connectivity index (χ4v) is 5.04. The molecular weight excluding hydrogens is 483 g/mol. The normalized spacial score (nSPS) is 18.3. The number of aromatic nitrogens is 3. The van der Waals surface area contributed by atoms with Crippen LogP contribution in [0.3, 0.4) is 0 Å². The number of likely N-dealkylation sites (tertiary alicyclic amines) is 1. The summed E-state index contributed by atoms with van der Waals surface area (Å²) >= 11 is 0. The summed E-state index contributed by atoms with van der Waals surface area (Å²) in [6, 6.07) is 11.1. The molecule has 1 aromatic carbocycles. The van der Waals surface area contributed by atoms with E-state index in [1.165, 1.54) is 18.1 Å². The van der Waals surface area contributed by atoms with Crippen LogP contribution >= 0.6 is 0 Å². The maximum Gasteiger partial charge on any atom is 0.280 e. The first kappa shape index (κ1) is 25.0. The lowest BCUT2D eigenvalue weighted by Crippen LogP contribution is -2.47. The van der Waals surface area contributed by atoms with Crippen LogP contribution in [0.5, 0.6) is 0 Å². The van der Waals surface area contributed by atoms with Crippen molar-refractivity contribution in [2.24, 2.45) is 7.05 Å². The number of halogens is 3. The number of aryl methyl sites for hydroxylation is 1. The molecule has 2 fully saturated rings. The molecular formula is C27H28F3N5O2. The maximum atomic E-state index is 14.8. The van der Waals surface area contributed by atoms with E-state index >= 15 is 0 Å². The molecule has 37 heavy (non-hydrogen) atoms. The first-order valence-electron chi connectivity index (χ1n) is 12.4. The average molecular weight is 512 g/mol. The molecule has 0 bridgehead atoms. The van der Waals surface area contributed by atoms with Crippen molar-refractivity contribution in [3.05, 3.63) is 82.7 Å². The Balaban J connectivity index is 1.35. The summed E-state index contributed by atoms with van der Waals surface area (Å²) in [4.78, 5) is 32.2. The van der Waals surface area contributed by atoms with Gasteiger partial charge in [0.2, 0.25) is 17.8 Å². The second-order valence-electron chi connectivity index (χ2n) is 9.64. The molecule has 1 saturated carbocycles. The van der Waals surface area contributed by atoms with Gasteiger partial charge in [-0.15, -0.1) is 0 Å². The Labute approximate surface area is 212 Å². The topological polar surface area (TPSA) is 80.1 Å². The Morgan fingerprint density at radius 1 is 1.11 bits per heavy atom. The summed E-state index contributed by atoms with van der Waals surface area (Å²) in [7, 11) is 1.40. The van der Waals surface area contributed by atoms with Crippen molar-refractivity contribution in [2.45, 2.75) is 56.5 Å². The Morgan fingerprint density at radius 2 is 1.86 bits per heavy atom. The number of rotatable bonds is 8. The van der Waals surface area contributed by atoms with Crippen molar-refractivity contribution >= 4 is 11.8 Å². The Bertz CT molecular complexity index is 1290. The van der Waals surface area contributed by atoms with E-state index in [1.54, 1.807) is 12.1 Å². The summed E-state index contributed by atoms with van der Waals surface area (Å²) in [6.45, 7) is 0.347. The van der Waals surface area contributed by atoms with E-state index in [-0.39, 0.29) is 23.6 Å². The van der Waals surface area contributed by atoms with Crippen molar-refractivity contribution in [1.29, 1.82) is 0 Å². The van der Waals surface area contributed by atoms with Gasteiger partial charge in [-0.2, -0.15) is 9.49 Å². The monoisotopic (exact) mass is 511 g/mol. The van der Waals surface area contributed by atoms with Crippen LogP contribution in [0.25, 0.3) is 0 Å². The standard InChI is InChI=1S/C27H28F3N5O2/c1-34-24(25(28)29)18(15-31-34)14-22(36)35-13-5-8-21(35)27(37)33-23(17-6-3-2-4-7-17)20-12-11-19(16-9-10-16)26(30)32-20/h2-4,6-7,11-12,15-16,21,23,25H,5,8-10,13-14H2,1H3,(H,33,37)/t21-,23-/m0/s1. The molecule has 3 aromatic rings. The molecule has 2 aliphatic rings. The summed E-state index contributed by atoms with van der Waals surface area (Å²) in [5, 5.41) is 6.82. The van der Waals surface area contributed by atoms with Gasteiger partial charge in [0.1, 0.15) is 11.7 Å². The van der Waals surface area contributed by atoms with Gasteiger partial charge in [0.05, 0.1) is 24.4 Å². The first-order valence-corrected chi connectivity index (χ1v) is 12.4. The number of nitrogens with one attached hydrogen (secondary N) is 1. The van der Waals surface area contributed by atoms with Gasteiger partial charge in [-0.3, -0.25) is 14.3 Å². The van der Waals surface area contributed by atoms with Gasteiger partial charge in [-0.05, 0) is 43.2 Å². The summed E-state index contributed by atoms with van der Waals surface area (Å²) in [6.07, 6.45) is 1.17. The number of alkyl halides is 2. The minimum atomic E-state index is -2.76. The molecule has 1 aliphatic heterocycles. The van der Waals surface area contributed by atoms with E-state index < -0.39 is 36.3 Å². The fraction of sp³-hybridized carbons (Fsp3) is 0.407. The SMILES string of the molecule is Cn1ncc(CC(=O)N2CCC[C@H]2C(=O)N[C@@H](c2ccccc2)c2ccc(C3CC3)c(F)n2)c1C(F)F. The van der Waals surface area contributed by atoms with Crippen LogP contribution < -0.4 is 5.32 Å². The molecule has 2 aromatic heterocycles. The minimum absolute atomic E-state index is 0.145. The number of carbonyl (C=O) groups is 2. The Morgan fingerprint density at radius 3 is 2.54 bits per heavy atom. The maximum absolute atomic E-state index is 14.8. The van der Waals surface area contributed by atoms with Crippen LogP contribution in [0.4, 0.5) is 13.2 Å². The lowest BCUT2D eigenvalue weighted by Gasteiger charge is -2.27. The van der Waals surface area contributed by atoms with E-state index in [4.69, 9.17) is 0 Å². The van der Waals surface area contributed by atoms with Gasteiger partial charge in [0.15, 0.2) is 0 Å². The van der Waals surface area contributed by atoms with Gasteiger partial charge in [0.25, 0.3) is 6.43 Å². The van der Waals surface area contributed by atoms with Gasteiger partial charge in [-0.1, -0.05) is 36.4 Å². The van der Waals surface area contributed by atoms with E-state index in [2.05, 4.69) is 15.4 Å². The molecule has 10 heteroatoms. The highest BCUT2D eigenvalue weighted by Gasteiger charge is 2.36. The smallest absolute Gasteiger partial charge is 0.280 e. The highest BCUT2D eigenvalue weighted by molar-refractivity contribution is 5.89. The molecule has 3 heterocycles. The third kappa shape index (κ3) is 5.23. The zero-order valence-electron chi connectivity index (χ0n) is 20.4. The molecule has 1 saturated heterocycles. The molecule has 2 amide bonds. The predicted octanol–water partition coefficient (Wildman–Crippen LogP) is 4.21. The van der Waals surface area contributed by atoms with E-state index in [0.717, 1.165) is 23.1 Å². The molecule has 2 atom stereocenters. The highest BCUT2D eigenvalue weighted by Crippen LogP contribution is 2.41. The number of nitrogens with zero attached hydrogens (tertiary/aromatic N) is 4. The van der Waals surface area contributed by atoms with Crippen LogP contribution in [-0.4, -0.2) is 44.1 Å². The lowest BCUT2D eigenvalue weighted by molar-refractivity contribution is -0.138. The van der Waals surface area contributed by atoms with Crippen molar-refractivity contribution < 1.29 is 22.8 Å². The number of hydrogen-bond donors (Lipinski definition) is 1. The molecule has 0 spiro atoms. The van der Waals surface area contributed by atoms with Crippen molar-refractivity contribution in [2.75, 3.05) is 6.54 Å². The quantitative estimate of drug-likeness (QED) is 0.460. The third-order valence-electron chi connectivity index (χ3n) is 7.12. The van der Waals surface area contributed by atoms with Crippen molar-refractivity contribution in [3.8, 4) is 0 Å². The molecule has 1 aliphatic carbocycles. The summed E-state index contributed by atoms with van der Waals surface area (Å²) in [5.41, 5.74) is 1.53. The second-order valence-corrected chi connectivity index (χ2v) is 9.64. The van der Waals surface area contributed by atoms with Crippen molar-refractivity contribution in [1.82, 2.24) is 25.0 Å². The summed E-state index contributed by atoms with van der Waals surface area (Å²) in [5.74, 6) is -1.14. The molecule has 194 valence electrons. The van der Waals surface area contributed by atoms with Gasteiger partial charge in [-0.25, -0.2) is 13.8 Å². The van der Waals surface area contributed by atoms with Gasteiger partial charge < -0.3 is 10.2 Å². The molecule has 0 unspecified atom stereocenters. The van der Waals surface area contributed by atoms with Crippen LogP contribution in [-0.2, 0) is 23.1 Å². The third-order valence-corrected chi connectivity index (χ3v) is 7.12. The zero-order chi connectivity index (χ0) is 26.1. The molecule has 5 rings (SSSR count). The van der Waals surface area contributed by atoms with E-state index in [1.807, 2.05) is 30.3 Å². The minimum Gasteiger partial charge on any atom is -0.342 e. The van der Waals surface area contributed by atoms with Crippen LogP contribution in [0.1, 0.15) is 72.1 Å². The number of amides is 2. The highest BCUT2D eigenvalue weighted by atomic mass is 19.3. The Kier molecular flexibility index (Phi) is 6.99. The summed E-state index contributed by atoms with van der Waals surface area (Å²) < 4.78 is 42.7. The van der Waals surface area contributed by atoms with E-state index in [0.29, 0.717) is 30.6 Å². The Hall–Kier alpha value is -3.69. The fourth-order valence-electron chi connectivity index (χ4n) is 5.04. The molecule has 0 radical (unpaired) electrons. The molecule has 1 N–H and O–H groups in total. The average Bonchev–Trinajstić information content (AvgIpc) is 3.47. The van der Waals surface area contributed by atoms with Crippen LogP contribution in [0.15, 0.2) is 48.7 Å². The number of carbonyl (C=O) groups excluding carboxylic acids is 2. The molecule has 7 nitrogen and oxygen atoms in total. The number of hydrogen-bond acceptors (Lipinski definition) is 4. The second kappa shape index (κ2) is 10.4. The van der Waals surface area contributed by atoms with E-state index in [9.17, 15) is 22.8 Å². The van der Waals surface area contributed by atoms with Crippen LogP contribution in [0.2, 0.25) is 0 Å². The van der Waals surface area contributed by atoms with Gasteiger partial charge >= 0.3 is 0 Å². The van der Waals surface area contributed by atoms with Crippen molar-refractivity contribution in [3.63, 3.8) is 0 Å². The van der Waals surface area contributed by atoms with Crippen LogP contribution in [0, 0.1) is 5.95 Å². The number of benzene rings is 1. The lowest BCUT2D eigenvalue weighted by atomic mass is 10.0. The predicted molar refractivity (Wildman–Crippen MR) is 129 cm³/mol. The van der Waals surface area contributed by atoms with Gasteiger partial charge in [0, 0.05) is 24.7 Å². The zero-order valence-corrected chi connectivity index (χ0v) is 20.4. The first-order chi connectivity index (χ1) is 17.8. The number of pyridine rings is 1.